The van der Waals surface area contributed by atoms with Gasteiger partial charge in [0.05, 0.1) is 21.2 Å². The van der Waals surface area contributed by atoms with Crippen molar-refractivity contribution in [2.24, 2.45) is 0 Å². The van der Waals surface area contributed by atoms with E-state index >= 15 is 0 Å². The van der Waals surface area contributed by atoms with Gasteiger partial charge in [0.1, 0.15) is 0 Å². The molecule has 0 fully saturated rings. The molecule has 1 aromatic carbocycles. The normalized spacial score (nSPS) is 10.9. The third kappa shape index (κ3) is 3.04. The van der Waals surface area contributed by atoms with Crippen molar-refractivity contribution in [2.75, 3.05) is 0 Å². The fourth-order valence-corrected chi connectivity index (χ4v) is 3.94. The van der Waals surface area contributed by atoms with Crippen molar-refractivity contribution in [3.05, 3.63) is 62.5 Å². The smallest absolute Gasteiger partial charge is 0.266 e. The molecule has 0 aliphatic rings. The summed E-state index contributed by atoms with van der Waals surface area (Å²) < 4.78 is 2.55. The van der Waals surface area contributed by atoms with Crippen molar-refractivity contribution in [2.45, 2.75) is 23.6 Å². The van der Waals surface area contributed by atoms with E-state index in [0.717, 1.165) is 25.7 Å². The van der Waals surface area contributed by atoms with Crippen LogP contribution in [0.1, 0.15) is 21.1 Å². The zero-order chi connectivity index (χ0) is 15.7. The van der Waals surface area contributed by atoms with Gasteiger partial charge < -0.3 is 0 Å². The molecule has 2 heterocycles. The molecule has 0 unspecified atom stereocenters. The first-order valence-corrected chi connectivity index (χ1v) is 9.13. The highest BCUT2D eigenvalue weighted by atomic mass is 79.9. The predicted molar refractivity (Wildman–Crippen MR) is 94.0 cm³/mol. The summed E-state index contributed by atoms with van der Waals surface area (Å²) in [6.45, 7) is 3.87. The first-order valence-electron chi connectivity index (χ1n) is 6.64. The number of nitrogens with zero attached hydrogens (tertiary/aromatic N) is 2. The number of carbonyl (C=O) groups is 1. The molecule has 22 heavy (non-hydrogen) atoms. The molecule has 0 spiro atoms. The van der Waals surface area contributed by atoms with Crippen LogP contribution in [-0.2, 0) is 0 Å². The fourth-order valence-electron chi connectivity index (χ4n) is 2.10. The Balaban J connectivity index is 1.93. The van der Waals surface area contributed by atoms with E-state index in [9.17, 15) is 4.79 Å². The lowest BCUT2D eigenvalue weighted by Crippen LogP contribution is -2.13. The zero-order valence-corrected chi connectivity index (χ0v) is 15.3. The fraction of sp³-hybridized carbons (Fsp3) is 0.125. The summed E-state index contributed by atoms with van der Waals surface area (Å²) in [4.78, 5) is 15.3. The molecule has 0 bridgehead atoms. The van der Waals surface area contributed by atoms with E-state index in [-0.39, 0.29) is 5.91 Å². The van der Waals surface area contributed by atoms with Gasteiger partial charge in [-0.15, -0.1) is 11.3 Å². The average molecular weight is 393 g/mol. The molecule has 0 N–H and O–H groups in total. The van der Waals surface area contributed by atoms with E-state index in [1.165, 1.54) is 16.0 Å². The maximum absolute atomic E-state index is 12.5. The quantitative estimate of drug-likeness (QED) is 0.616. The molecule has 0 radical (unpaired) electrons. The van der Waals surface area contributed by atoms with Gasteiger partial charge >= 0.3 is 0 Å². The van der Waals surface area contributed by atoms with E-state index < -0.39 is 0 Å². The summed E-state index contributed by atoms with van der Waals surface area (Å²) in [5.74, 6) is -0.0711. The van der Waals surface area contributed by atoms with Crippen LogP contribution < -0.4 is 0 Å². The van der Waals surface area contributed by atoms with E-state index in [2.05, 4.69) is 21.0 Å². The second-order valence-electron chi connectivity index (χ2n) is 4.75. The summed E-state index contributed by atoms with van der Waals surface area (Å²) in [7, 11) is 0. The van der Waals surface area contributed by atoms with Crippen LogP contribution in [0, 0.1) is 13.8 Å². The number of aromatic nitrogens is 2. The molecule has 3 rings (SSSR count). The highest BCUT2D eigenvalue weighted by molar-refractivity contribution is 9.10. The Bertz CT molecular complexity index is 808. The highest BCUT2D eigenvalue weighted by Gasteiger charge is 2.19. The van der Waals surface area contributed by atoms with E-state index in [1.807, 2.05) is 55.6 Å². The summed E-state index contributed by atoms with van der Waals surface area (Å²) in [5.41, 5.74) is 1.75. The molecule has 0 saturated carbocycles. The molecule has 0 saturated heterocycles. The van der Waals surface area contributed by atoms with Gasteiger partial charge in [-0.2, -0.15) is 9.78 Å². The summed E-state index contributed by atoms with van der Waals surface area (Å²) >= 11 is 6.50. The first-order chi connectivity index (χ1) is 10.6. The number of halogens is 1. The van der Waals surface area contributed by atoms with Gasteiger partial charge in [0.2, 0.25) is 0 Å². The van der Waals surface area contributed by atoms with Gasteiger partial charge in [0.15, 0.2) is 0 Å². The lowest BCUT2D eigenvalue weighted by molar-refractivity contribution is 0.0946. The molecule has 6 heteroatoms. The Labute approximate surface area is 145 Å². The second kappa shape index (κ2) is 6.40. The number of rotatable bonds is 3. The number of carbonyl (C=O) groups excluding carboxylic acids is 1. The molecule has 0 atom stereocenters. The largest absolute Gasteiger partial charge is 0.288 e. The molecule has 0 aliphatic carbocycles. The Morgan fingerprint density at radius 1 is 1.23 bits per heavy atom. The molecule has 3 aromatic rings. The van der Waals surface area contributed by atoms with Crippen LogP contribution in [0.4, 0.5) is 0 Å². The first kappa shape index (κ1) is 15.5. The third-order valence-electron chi connectivity index (χ3n) is 3.18. The number of thiophene rings is 1. The van der Waals surface area contributed by atoms with Gasteiger partial charge in [0, 0.05) is 9.37 Å². The number of benzene rings is 1. The predicted octanol–water partition coefficient (Wildman–Crippen LogP) is 5.16. The van der Waals surface area contributed by atoms with Gasteiger partial charge in [-0.1, -0.05) is 33.8 Å². The number of hydrogen-bond acceptors (Lipinski definition) is 4. The van der Waals surface area contributed by atoms with Crippen LogP contribution in [0.3, 0.4) is 0 Å². The maximum Gasteiger partial charge on any atom is 0.288 e. The summed E-state index contributed by atoms with van der Waals surface area (Å²) in [5, 5.41) is 6.32. The van der Waals surface area contributed by atoms with Crippen LogP contribution in [0.15, 0.2) is 56.0 Å². The Morgan fingerprint density at radius 3 is 2.59 bits per heavy atom. The number of aryl methyl sites for hydroxylation is 1. The lowest BCUT2D eigenvalue weighted by atomic mass is 10.4. The lowest BCUT2D eigenvalue weighted by Gasteiger charge is -2.03. The Hall–Kier alpha value is -1.37. The molecular weight excluding hydrogens is 380 g/mol. The molecule has 3 nitrogen and oxygen atoms in total. The van der Waals surface area contributed by atoms with Crippen molar-refractivity contribution in [3.8, 4) is 0 Å². The molecular formula is C16H13BrN2OS2. The number of hydrogen-bond donors (Lipinski definition) is 0. The van der Waals surface area contributed by atoms with Crippen molar-refractivity contribution in [3.63, 3.8) is 0 Å². The van der Waals surface area contributed by atoms with Crippen molar-refractivity contribution in [1.29, 1.82) is 0 Å². The third-order valence-corrected chi connectivity index (χ3v) is 5.87. The van der Waals surface area contributed by atoms with Gasteiger partial charge in [-0.25, -0.2) is 0 Å². The van der Waals surface area contributed by atoms with E-state index in [1.54, 1.807) is 11.8 Å². The van der Waals surface area contributed by atoms with Crippen molar-refractivity contribution < 1.29 is 4.79 Å². The van der Waals surface area contributed by atoms with Crippen LogP contribution in [0.25, 0.3) is 0 Å². The minimum absolute atomic E-state index is 0.0711. The molecule has 112 valence electrons. The summed E-state index contributed by atoms with van der Waals surface area (Å²) in [6.07, 6.45) is 0. The molecule has 0 amide bonds. The van der Waals surface area contributed by atoms with Crippen LogP contribution >= 0.6 is 39.0 Å². The second-order valence-corrected chi connectivity index (χ2v) is 7.70. The Morgan fingerprint density at radius 2 is 1.95 bits per heavy atom. The minimum atomic E-state index is -0.0711. The van der Waals surface area contributed by atoms with Crippen molar-refractivity contribution in [1.82, 2.24) is 9.78 Å². The standard InChI is InChI=1S/C16H13BrN2OS2/c1-10-15(22-13-7-5-12(17)6-8-13)11(2)19(18-10)16(20)14-4-3-9-21-14/h3-9H,1-2H3. The zero-order valence-electron chi connectivity index (χ0n) is 12.0. The van der Waals surface area contributed by atoms with Crippen LogP contribution in [0.2, 0.25) is 0 Å². The minimum Gasteiger partial charge on any atom is -0.266 e. The SMILES string of the molecule is Cc1nn(C(=O)c2cccs2)c(C)c1Sc1ccc(Br)cc1. The Kier molecular flexibility index (Phi) is 4.52. The van der Waals surface area contributed by atoms with Crippen LogP contribution in [-0.4, -0.2) is 15.7 Å². The topological polar surface area (TPSA) is 34.9 Å². The van der Waals surface area contributed by atoms with Gasteiger partial charge in [-0.3, -0.25) is 4.79 Å². The highest BCUT2D eigenvalue weighted by Crippen LogP contribution is 2.33. The average Bonchev–Trinajstić information content (AvgIpc) is 3.12. The monoisotopic (exact) mass is 392 g/mol. The van der Waals surface area contributed by atoms with Gasteiger partial charge in [-0.05, 0) is 49.6 Å². The van der Waals surface area contributed by atoms with Gasteiger partial charge in [0.25, 0.3) is 5.91 Å². The van der Waals surface area contributed by atoms with Crippen molar-refractivity contribution >= 4 is 44.9 Å². The van der Waals surface area contributed by atoms with E-state index in [0.29, 0.717) is 4.88 Å². The maximum atomic E-state index is 12.5. The van der Waals surface area contributed by atoms with Crippen LogP contribution in [0.5, 0.6) is 0 Å². The van der Waals surface area contributed by atoms with E-state index in [4.69, 9.17) is 0 Å². The molecule has 0 aliphatic heterocycles. The molecule has 2 aromatic heterocycles. The summed E-state index contributed by atoms with van der Waals surface area (Å²) in [6, 6.07) is 11.8.